The highest BCUT2D eigenvalue weighted by Crippen LogP contribution is 2.26. The Balaban J connectivity index is 2.00. The van der Waals surface area contributed by atoms with Crippen LogP contribution < -0.4 is 5.56 Å². The second-order valence-corrected chi connectivity index (χ2v) is 6.92. The maximum Gasteiger partial charge on any atom is 0.260 e. The van der Waals surface area contributed by atoms with Gasteiger partial charge in [0, 0.05) is 10.3 Å². The van der Waals surface area contributed by atoms with Crippen molar-refractivity contribution in [3.05, 3.63) is 73.9 Å². The topological polar surface area (TPSA) is 49.9 Å². The van der Waals surface area contributed by atoms with Gasteiger partial charge in [-0.15, -0.1) is 11.3 Å². The molecule has 116 valence electrons. The van der Waals surface area contributed by atoms with Crippen molar-refractivity contribution >= 4 is 33.4 Å². The maximum absolute atomic E-state index is 12.5. The highest BCUT2D eigenvalue weighted by molar-refractivity contribution is 7.18. The van der Waals surface area contributed by atoms with Gasteiger partial charge < -0.3 is 4.98 Å². The van der Waals surface area contributed by atoms with Gasteiger partial charge in [0.25, 0.3) is 5.56 Å². The molecule has 3 aromatic rings. The van der Waals surface area contributed by atoms with E-state index in [1.54, 1.807) is 6.08 Å². The fourth-order valence-electron chi connectivity index (χ4n) is 2.59. The molecule has 0 fully saturated rings. The Hall–Kier alpha value is -2.46. The molecule has 0 saturated carbocycles. The highest BCUT2D eigenvalue weighted by atomic mass is 32.1. The monoisotopic (exact) mass is 323 g/mol. The van der Waals surface area contributed by atoms with Gasteiger partial charge in [-0.1, -0.05) is 35.9 Å². The number of aromatic nitrogens is 1. The Bertz CT molecular complexity index is 975. The average molecular weight is 323 g/mol. The van der Waals surface area contributed by atoms with Gasteiger partial charge >= 0.3 is 0 Å². The molecule has 0 aliphatic heterocycles. The first-order chi connectivity index (χ1) is 11.0. The maximum atomic E-state index is 12.5. The first-order valence-electron chi connectivity index (χ1n) is 7.38. The van der Waals surface area contributed by atoms with Crippen molar-refractivity contribution in [2.24, 2.45) is 0 Å². The zero-order chi connectivity index (χ0) is 16.6. The Labute approximate surface area is 138 Å². The minimum absolute atomic E-state index is 0.221. The first kappa shape index (κ1) is 15.4. The molecule has 1 N–H and O–H groups in total. The van der Waals surface area contributed by atoms with E-state index in [4.69, 9.17) is 0 Å². The van der Waals surface area contributed by atoms with Crippen molar-refractivity contribution in [2.45, 2.75) is 20.8 Å². The van der Waals surface area contributed by atoms with Gasteiger partial charge in [-0.3, -0.25) is 9.59 Å². The van der Waals surface area contributed by atoms with Crippen LogP contribution in [0.4, 0.5) is 0 Å². The Morgan fingerprint density at radius 3 is 2.52 bits per heavy atom. The number of carbonyl (C=O) groups excluding carboxylic acids is 1. The number of pyridine rings is 1. The van der Waals surface area contributed by atoms with E-state index >= 15 is 0 Å². The standard InChI is InChI=1S/C19H17NO2S/c1-11-4-6-14(7-5-11)8-9-16(21)17-13(3)15-10-12(2)23-19(15)20-18(17)22/h4-10H,1-3H3,(H,20,22)/b9-8+. The number of allylic oxidation sites excluding steroid dienone is 1. The molecular formula is C19H17NO2S. The van der Waals surface area contributed by atoms with Gasteiger partial charge in [0.2, 0.25) is 0 Å². The number of rotatable bonds is 3. The molecule has 0 aliphatic rings. The molecule has 3 rings (SSSR count). The summed E-state index contributed by atoms with van der Waals surface area (Å²) in [5.41, 5.74) is 2.74. The number of hydrogen-bond donors (Lipinski definition) is 1. The zero-order valence-electron chi connectivity index (χ0n) is 13.3. The average Bonchev–Trinajstić information content (AvgIpc) is 2.87. The molecular weight excluding hydrogens is 306 g/mol. The number of hydrogen-bond acceptors (Lipinski definition) is 3. The molecule has 0 bridgehead atoms. The molecule has 0 radical (unpaired) electrons. The summed E-state index contributed by atoms with van der Waals surface area (Å²) >= 11 is 1.53. The summed E-state index contributed by atoms with van der Waals surface area (Å²) in [6.07, 6.45) is 3.21. The molecule has 2 aromatic heterocycles. The number of thiophene rings is 1. The van der Waals surface area contributed by atoms with Crippen LogP contribution in [0.2, 0.25) is 0 Å². The normalized spacial score (nSPS) is 11.4. The molecule has 0 atom stereocenters. The van der Waals surface area contributed by atoms with E-state index in [1.807, 2.05) is 51.1 Å². The van der Waals surface area contributed by atoms with Gasteiger partial charge in [-0.25, -0.2) is 0 Å². The highest BCUT2D eigenvalue weighted by Gasteiger charge is 2.15. The third kappa shape index (κ3) is 3.03. The number of ketones is 1. The van der Waals surface area contributed by atoms with Crippen LogP contribution in [0.25, 0.3) is 16.3 Å². The predicted octanol–water partition coefficient (Wildman–Crippen LogP) is 4.41. The van der Waals surface area contributed by atoms with E-state index in [-0.39, 0.29) is 16.9 Å². The SMILES string of the molecule is Cc1ccc(/C=C/C(=O)c2c(C)c3cc(C)sc3[nH]c2=O)cc1. The van der Waals surface area contributed by atoms with Gasteiger partial charge in [0.15, 0.2) is 5.78 Å². The van der Waals surface area contributed by atoms with Crippen molar-refractivity contribution in [1.82, 2.24) is 4.98 Å². The molecule has 0 unspecified atom stereocenters. The van der Waals surface area contributed by atoms with Crippen LogP contribution in [0, 0.1) is 20.8 Å². The number of H-pyrrole nitrogens is 1. The minimum atomic E-state index is -0.324. The number of fused-ring (bicyclic) bond motifs is 1. The second-order valence-electron chi connectivity index (χ2n) is 5.66. The van der Waals surface area contributed by atoms with Gasteiger partial charge in [0.05, 0.1) is 5.56 Å². The second kappa shape index (κ2) is 5.97. The summed E-state index contributed by atoms with van der Waals surface area (Å²) in [5.74, 6) is -0.268. The van der Waals surface area contributed by atoms with Crippen LogP contribution in [0.5, 0.6) is 0 Å². The molecule has 0 amide bonds. The summed E-state index contributed by atoms with van der Waals surface area (Å²) in [4.78, 5) is 29.5. The first-order valence-corrected chi connectivity index (χ1v) is 8.19. The molecule has 1 aromatic carbocycles. The molecule has 3 nitrogen and oxygen atoms in total. The van der Waals surface area contributed by atoms with Gasteiger partial charge in [0.1, 0.15) is 4.83 Å². The van der Waals surface area contributed by atoms with Crippen molar-refractivity contribution < 1.29 is 4.79 Å². The van der Waals surface area contributed by atoms with Crippen molar-refractivity contribution in [1.29, 1.82) is 0 Å². The number of carbonyl (C=O) groups is 1. The van der Waals surface area contributed by atoms with Crippen LogP contribution >= 0.6 is 11.3 Å². The lowest BCUT2D eigenvalue weighted by molar-refractivity contribution is 0.104. The van der Waals surface area contributed by atoms with Crippen molar-refractivity contribution in [3.63, 3.8) is 0 Å². The number of aryl methyl sites for hydroxylation is 3. The summed E-state index contributed by atoms with van der Waals surface area (Å²) in [6, 6.07) is 9.87. The van der Waals surface area contributed by atoms with Crippen LogP contribution in [-0.2, 0) is 0 Å². The van der Waals surface area contributed by atoms with E-state index in [9.17, 15) is 9.59 Å². The summed E-state index contributed by atoms with van der Waals surface area (Å²) in [7, 11) is 0. The van der Waals surface area contributed by atoms with E-state index in [0.717, 1.165) is 26.2 Å². The Kier molecular flexibility index (Phi) is 4.01. The number of aromatic amines is 1. The van der Waals surface area contributed by atoms with E-state index in [2.05, 4.69) is 4.98 Å². The molecule has 23 heavy (non-hydrogen) atoms. The number of nitrogens with one attached hydrogen (secondary N) is 1. The number of benzene rings is 1. The minimum Gasteiger partial charge on any atom is -0.313 e. The Morgan fingerprint density at radius 1 is 1.13 bits per heavy atom. The molecule has 0 aliphatic carbocycles. The lowest BCUT2D eigenvalue weighted by Gasteiger charge is -2.02. The predicted molar refractivity (Wildman–Crippen MR) is 96.5 cm³/mol. The van der Waals surface area contributed by atoms with Crippen LogP contribution in [0.1, 0.15) is 31.9 Å². The molecule has 0 spiro atoms. The fourth-order valence-corrected chi connectivity index (χ4v) is 3.55. The lowest BCUT2D eigenvalue weighted by atomic mass is 10.0. The smallest absolute Gasteiger partial charge is 0.260 e. The van der Waals surface area contributed by atoms with Gasteiger partial charge in [-0.05, 0) is 44.0 Å². The Morgan fingerprint density at radius 2 is 1.83 bits per heavy atom. The summed E-state index contributed by atoms with van der Waals surface area (Å²) < 4.78 is 0. The summed E-state index contributed by atoms with van der Waals surface area (Å²) in [5, 5.41) is 0.944. The molecule has 4 heteroatoms. The molecule has 0 saturated heterocycles. The zero-order valence-corrected chi connectivity index (χ0v) is 14.1. The summed E-state index contributed by atoms with van der Waals surface area (Å²) in [6.45, 7) is 5.83. The largest absolute Gasteiger partial charge is 0.313 e. The fraction of sp³-hybridized carbons (Fsp3) is 0.158. The van der Waals surface area contributed by atoms with Crippen molar-refractivity contribution in [3.8, 4) is 0 Å². The third-order valence-corrected chi connectivity index (χ3v) is 4.81. The lowest BCUT2D eigenvalue weighted by Crippen LogP contribution is -2.18. The molecule has 2 heterocycles. The van der Waals surface area contributed by atoms with Crippen LogP contribution in [0.15, 0.2) is 41.2 Å². The van der Waals surface area contributed by atoms with E-state index in [1.165, 1.54) is 23.0 Å². The van der Waals surface area contributed by atoms with Crippen LogP contribution in [0.3, 0.4) is 0 Å². The van der Waals surface area contributed by atoms with Crippen molar-refractivity contribution in [2.75, 3.05) is 0 Å². The van der Waals surface area contributed by atoms with Gasteiger partial charge in [-0.2, -0.15) is 0 Å². The van der Waals surface area contributed by atoms with E-state index in [0.29, 0.717) is 0 Å². The van der Waals surface area contributed by atoms with Crippen LogP contribution in [-0.4, -0.2) is 10.8 Å². The van der Waals surface area contributed by atoms with E-state index < -0.39 is 0 Å². The quantitative estimate of drug-likeness (QED) is 0.573. The third-order valence-electron chi connectivity index (χ3n) is 3.84.